The van der Waals surface area contributed by atoms with Crippen LogP contribution in [-0.4, -0.2) is 39.6 Å². The molecule has 31 heavy (non-hydrogen) atoms. The summed E-state index contributed by atoms with van der Waals surface area (Å²) >= 11 is 5.73. The van der Waals surface area contributed by atoms with Gasteiger partial charge in [0.1, 0.15) is 12.1 Å². The molecule has 2 aromatic heterocycles. The fraction of sp³-hybridized carbons (Fsp3) is 0.176. The maximum atomic E-state index is 13.1. The summed E-state index contributed by atoms with van der Waals surface area (Å²) in [5.41, 5.74) is -5.97. The van der Waals surface area contributed by atoms with Crippen LogP contribution < -0.4 is 5.32 Å². The van der Waals surface area contributed by atoms with Crippen molar-refractivity contribution in [3.8, 4) is 5.82 Å². The van der Waals surface area contributed by atoms with E-state index in [-0.39, 0.29) is 16.7 Å². The summed E-state index contributed by atoms with van der Waals surface area (Å²) in [6, 6.07) is 3.82. The molecule has 2 heterocycles. The predicted molar refractivity (Wildman–Crippen MR) is 99.7 cm³/mol. The quantitative estimate of drug-likeness (QED) is 0.565. The highest BCUT2D eigenvalue weighted by Crippen LogP contribution is 2.32. The number of sulfone groups is 1. The molecule has 0 saturated heterocycles. The molecule has 1 atom stereocenters. The Labute approximate surface area is 177 Å². The van der Waals surface area contributed by atoms with Crippen LogP contribution in [0, 0.1) is 5.82 Å². The molecule has 3 rings (SSSR count). The minimum absolute atomic E-state index is 0.178. The number of hydrogen-bond acceptors (Lipinski definition) is 6. The van der Waals surface area contributed by atoms with Crippen LogP contribution in [-0.2, 0) is 9.84 Å². The van der Waals surface area contributed by atoms with Crippen LogP contribution in [0.15, 0.2) is 47.8 Å². The lowest BCUT2D eigenvalue weighted by atomic mass is 10.2. The lowest BCUT2D eigenvalue weighted by molar-refractivity contribution is -0.0436. The number of rotatable bonds is 5. The van der Waals surface area contributed by atoms with Crippen LogP contribution in [0.2, 0.25) is 5.02 Å². The number of carbonyl (C=O) groups is 1. The fourth-order valence-corrected chi connectivity index (χ4v) is 3.67. The van der Waals surface area contributed by atoms with Gasteiger partial charge in [-0.15, -0.1) is 0 Å². The van der Waals surface area contributed by atoms with E-state index in [4.69, 9.17) is 11.6 Å². The Kier molecular flexibility index (Phi) is 6.00. The summed E-state index contributed by atoms with van der Waals surface area (Å²) in [6.45, 7) is 1.50. The first-order valence-corrected chi connectivity index (χ1v) is 10.2. The molecular formula is C17H12ClF4N5O3S. The number of nitrogens with zero attached hydrogens (tertiary/aromatic N) is 4. The van der Waals surface area contributed by atoms with E-state index in [1.54, 1.807) is 0 Å². The molecule has 0 spiro atoms. The van der Waals surface area contributed by atoms with Gasteiger partial charge in [0, 0.05) is 10.6 Å². The second-order valence-corrected chi connectivity index (χ2v) is 8.56. The zero-order chi connectivity index (χ0) is 23.0. The van der Waals surface area contributed by atoms with Crippen LogP contribution in [0.25, 0.3) is 5.82 Å². The third-order valence-electron chi connectivity index (χ3n) is 3.99. The molecule has 164 valence electrons. The summed E-state index contributed by atoms with van der Waals surface area (Å²) in [6.07, 6.45) is 2.12. The van der Waals surface area contributed by atoms with Crippen LogP contribution in [0.5, 0.6) is 0 Å². The molecule has 1 amide bonds. The monoisotopic (exact) mass is 477 g/mol. The van der Waals surface area contributed by atoms with E-state index in [9.17, 15) is 30.8 Å². The third-order valence-corrected chi connectivity index (χ3v) is 5.67. The number of nitrogens with one attached hydrogen (secondary N) is 1. The highest BCUT2D eigenvalue weighted by Gasteiger charge is 2.47. The highest BCUT2D eigenvalue weighted by molar-refractivity contribution is 7.92. The summed E-state index contributed by atoms with van der Waals surface area (Å²) in [7, 11) is -5.70. The Morgan fingerprint density at radius 2 is 1.90 bits per heavy atom. The average molecular weight is 478 g/mol. The van der Waals surface area contributed by atoms with Gasteiger partial charge in [-0.05, 0) is 37.3 Å². The molecule has 3 aromatic rings. The smallest absolute Gasteiger partial charge is 0.342 e. The van der Waals surface area contributed by atoms with Crippen molar-refractivity contribution in [1.29, 1.82) is 0 Å². The van der Waals surface area contributed by atoms with E-state index in [2.05, 4.69) is 20.4 Å². The van der Waals surface area contributed by atoms with Gasteiger partial charge in [-0.3, -0.25) is 4.79 Å². The second kappa shape index (κ2) is 8.23. The van der Waals surface area contributed by atoms with E-state index < -0.39 is 43.6 Å². The first kappa shape index (κ1) is 22.6. The minimum atomic E-state index is -5.70. The summed E-state index contributed by atoms with van der Waals surface area (Å²) in [4.78, 5) is 19.2. The molecule has 0 radical (unpaired) electrons. The molecule has 0 saturated carbocycles. The number of hydrogen-bond donors (Lipinski definition) is 1. The Morgan fingerprint density at radius 1 is 1.19 bits per heavy atom. The molecule has 1 N–H and O–H groups in total. The molecule has 0 aliphatic heterocycles. The molecular weight excluding hydrogens is 466 g/mol. The minimum Gasteiger partial charge on any atom is -0.342 e. The lowest BCUT2D eigenvalue weighted by Crippen LogP contribution is -2.29. The third kappa shape index (κ3) is 4.66. The Morgan fingerprint density at radius 3 is 2.52 bits per heavy atom. The summed E-state index contributed by atoms with van der Waals surface area (Å²) in [5, 5.41) is 6.04. The number of alkyl halides is 3. The first-order chi connectivity index (χ1) is 14.4. The molecule has 14 heteroatoms. The van der Waals surface area contributed by atoms with Crippen molar-refractivity contribution in [2.24, 2.45) is 0 Å². The van der Waals surface area contributed by atoms with Gasteiger partial charge in [-0.2, -0.15) is 23.0 Å². The Bertz CT molecular complexity index is 1230. The van der Waals surface area contributed by atoms with Gasteiger partial charge in [0.25, 0.3) is 15.7 Å². The van der Waals surface area contributed by atoms with Gasteiger partial charge in [-0.25, -0.2) is 22.8 Å². The van der Waals surface area contributed by atoms with E-state index in [1.807, 2.05) is 0 Å². The summed E-state index contributed by atoms with van der Waals surface area (Å²) in [5.74, 6) is -1.10. The number of aromatic nitrogens is 4. The van der Waals surface area contributed by atoms with Crippen molar-refractivity contribution in [1.82, 2.24) is 25.1 Å². The number of benzene rings is 1. The first-order valence-electron chi connectivity index (χ1n) is 8.35. The van der Waals surface area contributed by atoms with Crippen LogP contribution in [0.3, 0.4) is 0 Å². The zero-order valence-electron chi connectivity index (χ0n) is 15.4. The molecule has 0 aliphatic carbocycles. The van der Waals surface area contributed by atoms with Crippen molar-refractivity contribution >= 4 is 27.3 Å². The van der Waals surface area contributed by atoms with E-state index in [1.165, 1.54) is 17.7 Å². The van der Waals surface area contributed by atoms with E-state index >= 15 is 0 Å². The zero-order valence-corrected chi connectivity index (χ0v) is 17.0. The normalized spacial score (nSPS) is 13.1. The number of halogens is 5. The fourth-order valence-electron chi connectivity index (χ4n) is 2.54. The van der Waals surface area contributed by atoms with Crippen molar-refractivity contribution in [3.05, 3.63) is 65.1 Å². The van der Waals surface area contributed by atoms with Crippen LogP contribution in [0.4, 0.5) is 17.6 Å². The maximum absolute atomic E-state index is 13.1. The molecule has 0 aliphatic rings. The maximum Gasteiger partial charge on any atom is 0.501 e. The second-order valence-electron chi connectivity index (χ2n) is 6.18. The number of pyridine rings is 1. The van der Waals surface area contributed by atoms with Crippen molar-refractivity contribution < 1.29 is 30.8 Å². The topological polar surface area (TPSA) is 107 Å². The molecule has 0 unspecified atom stereocenters. The van der Waals surface area contributed by atoms with Crippen LogP contribution in [0.1, 0.15) is 29.1 Å². The van der Waals surface area contributed by atoms with Gasteiger partial charge < -0.3 is 5.32 Å². The van der Waals surface area contributed by atoms with E-state index in [0.717, 1.165) is 24.7 Å². The summed E-state index contributed by atoms with van der Waals surface area (Å²) < 4.78 is 76.1. The predicted octanol–water partition coefficient (Wildman–Crippen LogP) is 3.24. The Balaban J connectivity index is 1.88. The van der Waals surface area contributed by atoms with Gasteiger partial charge in [-0.1, -0.05) is 11.6 Å². The van der Waals surface area contributed by atoms with Gasteiger partial charge in [0.2, 0.25) is 0 Å². The van der Waals surface area contributed by atoms with Gasteiger partial charge in [0.05, 0.1) is 17.1 Å². The van der Waals surface area contributed by atoms with Crippen molar-refractivity contribution in [3.63, 3.8) is 0 Å². The largest absolute Gasteiger partial charge is 0.501 e. The van der Waals surface area contributed by atoms with Gasteiger partial charge >= 0.3 is 5.51 Å². The molecule has 1 aromatic carbocycles. The number of carbonyl (C=O) groups excluding carboxylic acids is 1. The van der Waals surface area contributed by atoms with Crippen molar-refractivity contribution in [2.75, 3.05) is 0 Å². The Hall–Kier alpha value is -3.06. The highest BCUT2D eigenvalue weighted by atomic mass is 35.5. The number of amides is 1. The lowest BCUT2D eigenvalue weighted by Gasteiger charge is -2.15. The SMILES string of the molecule is C[C@@H](NC(=O)c1cc(Cl)cc(S(=O)(=O)C(F)(F)F)c1)c1ncnn1-c1ccc(F)cn1. The molecule has 0 bridgehead atoms. The standard InChI is InChI=1S/C17H12ClF4N5O3S/c1-9(15-24-8-25-27(15)14-3-2-12(19)7-23-14)26-16(28)10-4-11(18)6-13(5-10)31(29,30)17(20,21)22/h2-9H,1H3,(H,26,28)/t9-/m1/s1. The molecule has 8 nitrogen and oxygen atoms in total. The average Bonchev–Trinajstić information content (AvgIpc) is 3.17. The van der Waals surface area contributed by atoms with Crippen molar-refractivity contribution in [2.45, 2.75) is 23.4 Å². The van der Waals surface area contributed by atoms with Gasteiger partial charge in [0.15, 0.2) is 11.6 Å². The van der Waals surface area contributed by atoms with Crippen LogP contribution >= 0.6 is 11.6 Å². The van der Waals surface area contributed by atoms with E-state index in [0.29, 0.717) is 12.1 Å². The molecule has 0 fully saturated rings.